The first-order chi connectivity index (χ1) is 8.51. The molecule has 2 fully saturated rings. The Hall–Kier alpha value is -0.570. The Kier molecular flexibility index (Phi) is 3.49. The third-order valence-electron chi connectivity index (χ3n) is 4.54. The minimum absolute atomic E-state index is 0.00838. The van der Waals surface area contributed by atoms with Gasteiger partial charge < -0.3 is 4.90 Å². The lowest BCUT2D eigenvalue weighted by molar-refractivity contribution is -0.154. The summed E-state index contributed by atoms with van der Waals surface area (Å²) >= 11 is 0. The van der Waals surface area contributed by atoms with Crippen molar-refractivity contribution < 1.29 is 4.79 Å². The molecule has 0 bridgehead atoms. The summed E-state index contributed by atoms with van der Waals surface area (Å²) in [6.45, 7) is 17.5. The molecule has 19 heavy (non-hydrogen) atoms. The fourth-order valence-corrected chi connectivity index (χ4v) is 3.72. The number of hydrogen-bond donors (Lipinski definition) is 0. The minimum Gasteiger partial charge on any atom is -0.337 e. The topological polar surface area (TPSA) is 23.6 Å². The highest BCUT2D eigenvalue weighted by Gasteiger charge is 2.50. The van der Waals surface area contributed by atoms with E-state index in [4.69, 9.17) is 0 Å². The van der Waals surface area contributed by atoms with E-state index < -0.39 is 0 Å². The zero-order valence-corrected chi connectivity index (χ0v) is 13.7. The van der Waals surface area contributed by atoms with Crippen molar-refractivity contribution in [2.24, 2.45) is 11.3 Å². The van der Waals surface area contributed by atoms with Crippen LogP contribution in [-0.4, -0.2) is 46.4 Å². The van der Waals surface area contributed by atoms with E-state index in [2.05, 4.69) is 58.3 Å². The first-order valence-electron chi connectivity index (χ1n) is 7.59. The summed E-state index contributed by atoms with van der Waals surface area (Å²) in [7, 11) is 0. The molecular formula is C16H30N2O. The summed E-state index contributed by atoms with van der Waals surface area (Å²) in [5.41, 5.74) is 0.0344. The highest BCUT2D eigenvalue weighted by molar-refractivity contribution is 5.84. The molecule has 3 heteroatoms. The fourth-order valence-electron chi connectivity index (χ4n) is 3.72. The van der Waals surface area contributed by atoms with E-state index >= 15 is 0 Å². The van der Waals surface area contributed by atoms with Gasteiger partial charge in [0, 0.05) is 24.7 Å². The van der Waals surface area contributed by atoms with Crippen LogP contribution in [0.15, 0.2) is 0 Å². The lowest BCUT2D eigenvalue weighted by Gasteiger charge is -2.53. The molecule has 0 aromatic rings. The van der Waals surface area contributed by atoms with Crippen molar-refractivity contribution in [1.29, 1.82) is 0 Å². The second kappa shape index (κ2) is 4.47. The van der Waals surface area contributed by atoms with Crippen LogP contribution >= 0.6 is 0 Å². The number of fused-ring (bicyclic) bond motifs is 1. The molecule has 0 aliphatic carbocycles. The van der Waals surface area contributed by atoms with Crippen LogP contribution in [0.2, 0.25) is 0 Å². The molecule has 2 saturated heterocycles. The van der Waals surface area contributed by atoms with Crippen LogP contribution in [0.4, 0.5) is 0 Å². The molecule has 2 aliphatic heterocycles. The molecule has 110 valence electrons. The van der Waals surface area contributed by atoms with Gasteiger partial charge in [0.25, 0.3) is 0 Å². The van der Waals surface area contributed by atoms with E-state index in [0.717, 1.165) is 19.5 Å². The summed E-state index contributed by atoms with van der Waals surface area (Å²) in [5.74, 6) is 0.998. The molecule has 3 atom stereocenters. The Morgan fingerprint density at radius 1 is 1.05 bits per heavy atom. The first-order valence-corrected chi connectivity index (χ1v) is 7.59. The van der Waals surface area contributed by atoms with Gasteiger partial charge in [0.1, 0.15) is 0 Å². The van der Waals surface area contributed by atoms with Gasteiger partial charge >= 0.3 is 0 Å². The van der Waals surface area contributed by atoms with E-state index in [9.17, 15) is 4.79 Å². The molecule has 0 saturated carbocycles. The van der Waals surface area contributed by atoms with E-state index in [0.29, 0.717) is 17.9 Å². The monoisotopic (exact) mass is 266 g/mol. The van der Waals surface area contributed by atoms with Crippen LogP contribution in [-0.2, 0) is 4.79 Å². The summed E-state index contributed by atoms with van der Waals surface area (Å²) in [4.78, 5) is 17.5. The molecule has 3 nitrogen and oxygen atoms in total. The number of nitrogens with zero attached hydrogens (tertiary/aromatic N) is 2. The fraction of sp³-hybridized carbons (Fsp3) is 0.938. The molecule has 3 unspecified atom stereocenters. The van der Waals surface area contributed by atoms with Crippen molar-refractivity contribution in [3.63, 3.8) is 0 Å². The van der Waals surface area contributed by atoms with Gasteiger partial charge in [-0.05, 0) is 38.5 Å². The van der Waals surface area contributed by atoms with Gasteiger partial charge in [-0.25, -0.2) is 0 Å². The second-order valence-corrected chi connectivity index (χ2v) is 8.58. The van der Waals surface area contributed by atoms with Gasteiger partial charge in [-0.2, -0.15) is 0 Å². The number of amides is 1. The zero-order chi connectivity index (χ0) is 14.6. The van der Waals surface area contributed by atoms with Crippen LogP contribution in [0.25, 0.3) is 0 Å². The Balaban J connectivity index is 2.35. The SMILES string of the molecule is CC1CC2CN(C(C)(C)C)C(C(C)(C)C)C(=O)N2C1. The Bertz CT molecular complexity index is 364. The maximum atomic E-state index is 12.9. The normalized spacial score (nSPS) is 33.7. The standard InChI is InChI=1S/C16H30N2O/c1-11-8-12-10-18(16(5,6)7)13(15(2,3)4)14(19)17(12)9-11/h11-13H,8-10H2,1-7H3. The molecule has 0 radical (unpaired) electrons. The Morgan fingerprint density at radius 2 is 1.63 bits per heavy atom. The van der Waals surface area contributed by atoms with Crippen molar-refractivity contribution in [1.82, 2.24) is 9.80 Å². The van der Waals surface area contributed by atoms with Crippen molar-refractivity contribution in [3.05, 3.63) is 0 Å². The summed E-state index contributed by atoms with van der Waals surface area (Å²) in [6.07, 6.45) is 1.16. The third-order valence-corrected chi connectivity index (χ3v) is 4.54. The summed E-state index contributed by atoms with van der Waals surface area (Å²) in [5, 5.41) is 0. The number of carbonyl (C=O) groups is 1. The number of rotatable bonds is 0. The molecule has 0 N–H and O–H groups in total. The molecule has 0 spiro atoms. The minimum atomic E-state index is -0.0127. The highest BCUT2D eigenvalue weighted by atomic mass is 16.2. The van der Waals surface area contributed by atoms with Crippen LogP contribution in [0.5, 0.6) is 0 Å². The molecule has 2 aliphatic rings. The van der Waals surface area contributed by atoms with Crippen LogP contribution in [0.3, 0.4) is 0 Å². The molecule has 1 amide bonds. The average Bonchev–Trinajstić information content (AvgIpc) is 2.55. The largest absolute Gasteiger partial charge is 0.337 e. The molecular weight excluding hydrogens is 236 g/mol. The van der Waals surface area contributed by atoms with Crippen LogP contribution < -0.4 is 0 Å². The molecule has 2 rings (SSSR count). The van der Waals surface area contributed by atoms with Crippen LogP contribution in [0.1, 0.15) is 54.9 Å². The van der Waals surface area contributed by atoms with E-state index in [1.54, 1.807) is 0 Å². The van der Waals surface area contributed by atoms with E-state index in [1.165, 1.54) is 0 Å². The van der Waals surface area contributed by atoms with Crippen molar-refractivity contribution in [2.45, 2.75) is 72.5 Å². The van der Waals surface area contributed by atoms with Gasteiger partial charge in [0.05, 0.1) is 6.04 Å². The number of piperazine rings is 1. The van der Waals surface area contributed by atoms with Crippen molar-refractivity contribution in [2.75, 3.05) is 13.1 Å². The average molecular weight is 266 g/mol. The zero-order valence-electron chi connectivity index (χ0n) is 13.7. The van der Waals surface area contributed by atoms with Gasteiger partial charge in [-0.1, -0.05) is 27.7 Å². The second-order valence-electron chi connectivity index (χ2n) is 8.58. The smallest absolute Gasteiger partial charge is 0.240 e. The van der Waals surface area contributed by atoms with Gasteiger partial charge in [-0.15, -0.1) is 0 Å². The van der Waals surface area contributed by atoms with Crippen molar-refractivity contribution >= 4 is 5.91 Å². The Morgan fingerprint density at radius 3 is 2.11 bits per heavy atom. The highest BCUT2D eigenvalue weighted by Crippen LogP contribution is 2.38. The lowest BCUT2D eigenvalue weighted by Crippen LogP contribution is -2.67. The molecule has 0 aromatic carbocycles. The van der Waals surface area contributed by atoms with Crippen LogP contribution in [0, 0.1) is 11.3 Å². The summed E-state index contributed by atoms with van der Waals surface area (Å²) in [6, 6.07) is 0.439. The first kappa shape index (κ1) is 14.8. The van der Waals surface area contributed by atoms with Gasteiger partial charge in [-0.3, -0.25) is 9.69 Å². The maximum absolute atomic E-state index is 12.9. The third kappa shape index (κ3) is 2.67. The quantitative estimate of drug-likeness (QED) is 0.673. The summed E-state index contributed by atoms with van der Waals surface area (Å²) < 4.78 is 0. The lowest BCUT2D eigenvalue weighted by atomic mass is 9.80. The van der Waals surface area contributed by atoms with Gasteiger partial charge in [0.2, 0.25) is 5.91 Å². The van der Waals surface area contributed by atoms with Crippen molar-refractivity contribution in [3.8, 4) is 0 Å². The molecule has 0 aromatic heterocycles. The maximum Gasteiger partial charge on any atom is 0.240 e. The van der Waals surface area contributed by atoms with E-state index in [1.807, 2.05) is 0 Å². The predicted octanol–water partition coefficient (Wildman–Crippen LogP) is 2.75. The van der Waals surface area contributed by atoms with Gasteiger partial charge in [0.15, 0.2) is 0 Å². The Labute approximate surface area is 118 Å². The molecule has 2 heterocycles. The van der Waals surface area contributed by atoms with E-state index in [-0.39, 0.29) is 17.0 Å². The predicted molar refractivity (Wildman–Crippen MR) is 79.0 cm³/mol. The number of carbonyl (C=O) groups excluding carboxylic acids is 1. The number of hydrogen-bond acceptors (Lipinski definition) is 2.